The van der Waals surface area contributed by atoms with Crippen molar-refractivity contribution in [3.05, 3.63) is 57.2 Å². The van der Waals surface area contributed by atoms with E-state index in [4.69, 9.17) is 26.1 Å². The molecule has 1 fully saturated rings. The van der Waals surface area contributed by atoms with Crippen LogP contribution in [0.15, 0.2) is 51.6 Å². The topological polar surface area (TPSA) is 80.2 Å². The van der Waals surface area contributed by atoms with Crippen molar-refractivity contribution < 1.29 is 19.1 Å². The van der Waals surface area contributed by atoms with E-state index in [2.05, 4.69) is 5.32 Å². The number of amides is 1. The Morgan fingerprint density at radius 2 is 2.25 bits per heavy atom. The van der Waals surface area contributed by atoms with Crippen LogP contribution in [-0.2, 0) is 19.1 Å². The quantitative estimate of drug-likeness (QED) is 0.596. The molecule has 0 bridgehead atoms. The van der Waals surface area contributed by atoms with Crippen LogP contribution < -0.4 is 5.32 Å². The SMILES string of the molecule is CCC1=C(C(=O)OC)[C@@H](c2cccc(Cl)c2)N2C(CC(=O)NC[C@@H]3CCCO3)=CSC2=N1. The van der Waals surface area contributed by atoms with Crippen molar-refractivity contribution in [1.82, 2.24) is 10.2 Å². The molecule has 3 aliphatic heterocycles. The van der Waals surface area contributed by atoms with E-state index in [0.29, 0.717) is 29.3 Å². The summed E-state index contributed by atoms with van der Waals surface area (Å²) in [5.74, 6) is -0.531. The number of hydrogen-bond acceptors (Lipinski definition) is 7. The van der Waals surface area contributed by atoms with Gasteiger partial charge in [0.15, 0.2) is 5.17 Å². The van der Waals surface area contributed by atoms with Crippen LogP contribution in [0.25, 0.3) is 0 Å². The van der Waals surface area contributed by atoms with E-state index in [0.717, 1.165) is 35.9 Å². The number of nitrogens with one attached hydrogen (secondary N) is 1. The maximum Gasteiger partial charge on any atom is 0.338 e. The summed E-state index contributed by atoms with van der Waals surface area (Å²) in [7, 11) is 1.37. The molecule has 3 heterocycles. The number of carbonyl (C=O) groups excluding carboxylic acids is 2. The standard InChI is InChI=1S/C23H26ClN3O4S/c1-3-18-20(22(29)30-2)21(14-6-4-7-15(24)10-14)27-16(13-32-23(27)26-18)11-19(28)25-12-17-8-5-9-31-17/h4,6-7,10,13,17,21H,3,5,8-9,11-12H2,1-2H3,(H,25,28)/t17-,21+/m0/s1. The second kappa shape index (κ2) is 10.1. The highest BCUT2D eigenvalue weighted by atomic mass is 35.5. The molecule has 0 unspecified atom stereocenters. The lowest BCUT2D eigenvalue weighted by Gasteiger charge is -2.36. The molecule has 170 valence electrons. The van der Waals surface area contributed by atoms with Crippen LogP contribution in [0.2, 0.25) is 5.02 Å². The number of nitrogens with zero attached hydrogens (tertiary/aromatic N) is 2. The summed E-state index contributed by atoms with van der Waals surface area (Å²) in [4.78, 5) is 32.2. The molecular weight excluding hydrogens is 450 g/mol. The summed E-state index contributed by atoms with van der Waals surface area (Å²) in [6.07, 6.45) is 2.83. The number of thioether (sulfide) groups is 1. The first-order valence-corrected chi connectivity index (χ1v) is 12.0. The molecule has 4 rings (SSSR count). The molecular formula is C23H26ClN3O4S. The number of methoxy groups -OCH3 is 1. The third kappa shape index (κ3) is 4.72. The van der Waals surface area contributed by atoms with Gasteiger partial charge in [-0.1, -0.05) is 42.4 Å². The van der Waals surface area contributed by atoms with Gasteiger partial charge < -0.3 is 19.7 Å². The minimum atomic E-state index is -0.476. The number of fused-ring (bicyclic) bond motifs is 1. The number of carbonyl (C=O) groups is 2. The normalized spacial score (nSPS) is 22.4. The zero-order chi connectivity index (χ0) is 22.7. The number of aliphatic imine (C=N–C) groups is 1. The molecule has 9 heteroatoms. The molecule has 1 aromatic carbocycles. The molecule has 1 aromatic rings. The Labute approximate surface area is 196 Å². The molecule has 2 atom stereocenters. The van der Waals surface area contributed by atoms with Gasteiger partial charge in [-0.05, 0) is 42.4 Å². The van der Waals surface area contributed by atoms with Crippen molar-refractivity contribution >= 4 is 40.4 Å². The van der Waals surface area contributed by atoms with Gasteiger partial charge in [0.05, 0.1) is 36.9 Å². The van der Waals surface area contributed by atoms with Crippen LogP contribution in [0, 0.1) is 0 Å². The Morgan fingerprint density at radius 3 is 2.94 bits per heavy atom. The molecule has 0 radical (unpaired) electrons. The predicted molar refractivity (Wildman–Crippen MR) is 125 cm³/mol. The van der Waals surface area contributed by atoms with Crippen molar-refractivity contribution in [2.24, 2.45) is 4.99 Å². The van der Waals surface area contributed by atoms with Gasteiger partial charge in [0, 0.05) is 23.9 Å². The Balaban J connectivity index is 1.63. The third-order valence-electron chi connectivity index (χ3n) is 5.69. The summed E-state index contributed by atoms with van der Waals surface area (Å²) < 4.78 is 10.7. The van der Waals surface area contributed by atoms with E-state index in [1.807, 2.05) is 35.4 Å². The van der Waals surface area contributed by atoms with Crippen LogP contribution in [0.5, 0.6) is 0 Å². The largest absolute Gasteiger partial charge is 0.466 e. The van der Waals surface area contributed by atoms with Crippen molar-refractivity contribution in [3.8, 4) is 0 Å². The lowest BCUT2D eigenvalue weighted by molar-refractivity contribution is -0.136. The van der Waals surface area contributed by atoms with Crippen molar-refractivity contribution in [1.29, 1.82) is 0 Å². The molecule has 1 N–H and O–H groups in total. The van der Waals surface area contributed by atoms with Crippen LogP contribution in [0.3, 0.4) is 0 Å². The Kier molecular flexibility index (Phi) is 7.23. The Morgan fingerprint density at radius 1 is 1.41 bits per heavy atom. The second-order valence-corrected chi connectivity index (χ2v) is 9.04. The molecule has 0 aromatic heterocycles. The number of hydrogen-bond donors (Lipinski definition) is 1. The predicted octanol–water partition coefficient (Wildman–Crippen LogP) is 4.16. The second-order valence-electron chi connectivity index (χ2n) is 7.77. The van der Waals surface area contributed by atoms with Gasteiger partial charge in [0.1, 0.15) is 0 Å². The molecule has 1 saturated heterocycles. The van der Waals surface area contributed by atoms with E-state index in [1.165, 1.54) is 18.9 Å². The van der Waals surface area contributed by atoms with Gasteiger partial charge in [-0.3, -0.25) is 4.79 Å². The van der Waals surface area contributed by atoms with E-state index in [9.17, 15) is 9.59 Å². The zero-order valence-corrected chi connectivity index (χ0v) is 19.7. The highest BCUT2D eigenvalue weighted by Crippen LogP contribution is 2.45. The van der Waals surface area contributed by atoms with E-state index >= 15 is 0 Å². The van der Waals surface area contributed by atoms with Gasteiger partial charge in [0.25, 0.3) is 0 Å². The molecule has 0 spiro atoms. The van der Waals surface area contributed by atoms with E-state index in [-0.39, 0.29) is 18.4 Å². The average Bonchev–Trinajstić information content (AvgIpc) is 3.46. The van der Waals surface area contributed by atoms with Crippen molar-refractivity contribution in [2.45, 2.75) is 44.8 Å². The summed E-state index contributed by atoms with van der Waals surface area (Å²) in [5, 5.41) is 6.20. The number of halogens is 1. The molecule has 0 aliphatic carbocycles. The Bertz CT molecular complexity index is 1000. The number of benzene rings is 1. The lowest BCUT2D eigenvalue weighted by Crippen LogP contribution is -2.39. The molecule has 7 nitrogen and oxygen atoms in total. The maximum absolute atomic E-state index is 12.8. The number of ether oxygens (including phenoxy) is 2. The highest BCUT2D eigenvalue weighted by molar-refractivity contribution is 8.16. The van der Waals surface area contributed by atoms with Gasteiger partial charge in [-0.25, -0.2) is 9.79 Å². The fourth-order valence-corrected chi connectivity index (χ4v) is 5.30. The first kappa shape index (κ1) is 22.9. The van der Waals surface area contributed by atoms with Gasteiger partial charge >= 0.3 is 5.97 Å². The van der Waals surface area contributed by atoms with Crippen molar-refractivity contribution in [2.75, 3.05) is 20.3 Å². The smallest absolute Gasteiger partial charge is 0.338 e. The third-order valence-corrected chi connectivity index (χ3v) is 6.81. The average molecular weight is 476 g/mol. The minimum Gasteiger partial charge on any atom is -0.466 e. The maximum atomic E-state index is 12.8. The summed E-state index contributed by atoms with van der Waals surface area (Å²) in [6.45, 7) is 3.21. The molecule has 32 heavy (non-hydrogen) atoms. The van der Waals surface area contributed by atoms with Crippen LogP contribution in [0.1, 0.15) is 44.2 Å². The lowest BCUT2D eigenvalue weighted by atomic mass is 9.93. The van der Waals surface area contributed by atoms with Gasteiger partial charge in [-0.15, -0.1) is 0 Å². The molecule has 1 amide bonds. The first-order valence-electron chi connectivity index (χ1n) is 10.7. The Hall–Kier alpha value is -2.29. The van der Waals surface area contributed by atoms with Crippen LogP contribution in [0.4, 0.5) is 0 Å². The monoisotopic (exact) mass is 475 g/mol. The minimum absolute atomic E-state index is 0.0816. The zero-order valence-electron chi connectivity index (χ0n) is 18.1. The fourth-order valence-electron chi connectivity index (χ4n) is 4.16. The van der Waals surface area contributed by atoms with Crippen LogP contribution in [-0.4, -0.2) is 48.3 Å². The van der Waals surface area contributed by atoms with Crippen LogP contribution >= 0.6 is 23.4 Å². The number of rotatable bonds is 7. The fraction of sp³-hybridized carbons (Fsp3) is 0.435. The van der Waals surface area contributed by atoms with Crippen molar-refractivity contribution in [3.63, 3.8) is 0 Å². The highest BCUT2D eigenvalue weighted by Gasteiger charge is 2.41. The summed E-state index contributed by atoms with van der Waals surface area (Å²) in [6, 6.07) is 6.93. The van der Waals surface area contributed by atoms with Gasteiger partial charge in [-0.2, -0.15) is 0 Å². The summed E-state index contributed by atoms with van der Waals surface area (Å²) >= 11 is 7.74. The molecule has 0 saturated carbocycles. The number of allylic oxidation sites excluding steroid dienone is 1. The number of esters is 1. The molecule has 3 aliphatic rings. The van der Waals surface area contributed by atoms with E-state index in [1.54, 1.807) is 6.07 Å². The van der Waals surface area contributed by atoms with E-state index < -0.39 is 12.0 Å². The van der Waals surface area contributed by atoms with Gasteiger partial charge in [0.2, 0.25) is 5.91 Å². The summed E-state index contributed by atoms with van der Waals surface area (Å²) in [5.41, 5.74) is 2.76. The number of amidine groups is 1. The first-order chi connectivity index (χ1) is 15.5.